The topological polar surface area (TPSA) is 101 Å². The number of alkyl halides is 3. The molecule has 0 bridgehead atoms. The molecule has 1 aliphatic rings. The predicted molar refractivity (Wildman–Crippen MR) is 101 cm³/mol. The molecule has 3 aromatic rings. The summed E-state index contributed by atoms with van der Waals surface area (Å²) < 4.78 is 39.2. The SMILES string of the molecule is C[C@H](C(N)=O)N(CC(F)(F)F)c1cncc(-c2c[nH]c3ncc(C4CC4)cc23)n1. The van der Waals surface area contributed by atoms with Crippen LogP contribution in [0.3, 0.4) is 0 Å². The van der Waals surface area contributed by atoms with E-state index in [4.69, 9.17) is 5.73 Å². The van der Waals surface area contributed by atoms with Gasteiger partial charge in [-0.1, -0.05) is 0 Å². The standard InChI is InChI=1S/C19H19F3N6O/c1-10(17(23)29)28(9-19(20,21)22)16-8-24-7-15(27-16)14-6-26-18-13(14)4-12(5-25-18)11-2-3-11/h4-8,10-11H,2-3,9H2,1H3,(H2,23,29)(H,25,26)/t10-/m1/s1. The van der Waals surface area contributed by atoms with Gasteiger partial charge in [-0.25, -0.2) is 9.97 Å². The van der Waals surface area contributed by atoms with Gasteiger partial charge in [-0.15, -0.1) is 0 Å². The van der Waals surface area contributed by atoms with Gasteiger partial charge in [-0.3, -0.25) is 9.78 Å². The highest BCUT2D eigenvalue weighted by atomic mass is 19.4. The molecule has 0 spiro atoms. The van der Waals surface area contributed by atoms with Crippen molar-refractivity contribution in [3.05, 3.63) is 36.4 Å². The van der Waals surface area contributed by atoms with Crippen molar-refractivity contribution in [2.45, 2.75) is 37.9 Å². The smallest absolute Gasteiger partial charge is 0.368 e. The molecule has 3 aromatic heterocycles. The van der Waals surface area contributed by atoms with Crippen LogP contribution in [-0.2, 0) is 4.79 Å². The zero-order chi connectivity index (χ0) is 20.8. The number of halogens is 3. The summed E-state index contributed by atoms with van der Waals surface area (Å²) in [4.78, 5) is 28.2. The Hall–Kier alpha value is -3.17. The van der Waals surface area contributed by atoms with Crippen LogP contribution in [0.1, 0.15) is 31.2 Å². The number of hydrogen-bond donors (Lipinski definition) is 2. The molecule has 1 fully saturated rings. The van der Waals surface area contributed by atoms with Crippen LogP contribution in [0.25, 0.3) is 22.3 Å². The Kier molecular flexibility index (Phi) is 4.64. The van der Waals surface area contributed by atoms with E-state index >= 15 is 0 Å². The van der Waals surface area contributed by atoms with Crippen LogP contribution in [0.4, 0.5) is 19.0 Å². The fraction of sp³-hybridized carbons (Fsp3) is 0.368. The maximum Gasteiger partial charge on any atom is 0.406 e. The van der Waals surface area contributed by atoms with Crippen LogP contribution in [0.15, 0.2) is 30.9 Å². The van der Waals surface area contributed by atoms with Gasteiger partial charge in [0.1, 0.15) is 24.1 Å². The van der Waals surface area contributed by atoms with Crippen LogP contribution >= 0.6 is 0 Å². The molecule has 1 aliphatic carbocycles. The fourth-order valence-corrected chi connectivity index (χ4v) is 3.26. The number of primary amides is 1. The highest BCUT2D eigenvalue weighted by Crippen LogP contribution is 2.41. The first kappa shape index (κ1) is 19.2. The van der Waals surface area contributed by atoms with Crippen molar-refractivity contribution < 1.29 is 18.0 Å². The van der Waals surface area contributed by atoms with Gasteiger partial charge in [-0.05, 0) is 37.3 Å². The molecular formula is C19H19F3N6O. The average molecular weight is 404 g/mol. The first-order valence-electron chi connectivity index (χ1n) is 9.15. The molecular weight excluding hydrogens is 385 g/mol. The zero-order valence-electron chi connectivity index (χ0n) is 15.6. The largest absolute Gasteiger partial charge is 0.406 e. The van der Waals surface area contributed by atoms with Gasteiger partial charge in [0.2, 0.25) is 5.91 Å². The molecule has 0 unspecified atom stereocenters. The molecule has 152 valence electrons. The molecule has 0 radical (unpaired) electrons. The molecule has 29 heavy (non-hydrogen) atoms. The maximum atomic E-state index is 13.1. The number of H-pyrrole nitrogens is 1. The van der Waals surface area contributed by atoms with Gasteiger partial charge in [0.05, 0.1) is 18.1 Å². The number of carbonyl (C=O) groups is 1. The van der Waals surface area contributed by atoms with Crippen molar-refractivity contribution in [1.29, 1.82) is 0 Å². The normalized spacial score (nSPS) is 15.4. The van der Waals surface area contributed by atoms with E-state index in [1.807, 2.05) is 12.3 Å². The lowest BCUT2D eigenvalue weighted by molar-refractivity contribution is -0.125. The van der Waals surface area contributed by atoms with Crippen LogP contribution in [0.2, 0.25) is 0 Å². The second kappa shape index (κ2) is 7.02. The molecule has 3 heterocycles. The van der Waals surface area contributed by atoms with Crippen LogP contribution in [0, 0.1) is 0 Å². The van der Waals surface area contributed by atoms with Crippen molar-refractivity contribution in [2.75, 3.05) is 11.4 Å². The fourth-order valence-electron chi connectivity index (χ4n) is 3.26. The highest BCUT2D eigenvalue weighted by molar-refractivity contribution is 5.93. The molecule has 3 N–H and O–H groups in total. The number of nitrogens with zero attached hydrogens (tertiary/aromatic N) is 4. The third kappa shape index (κ3) is 4.01. The number of amides is 1. The molecule has 4 rings (SSSR count). The van der Waals surface area contributed by atoms with E-state index in [0.29, 0.717) is 22.8 Å². The number of nitrogens with two attached hydrogens (primary N) is 1. The molecule has 0 aliphatic heterocycles. The van der Waals surface area contributed by atoms with E-state index in [-0.39, 0.29) is 5.82 Å². The van der Waals surface area contributed by atoms with Crippen molar-refractivity contribution in [3.63, 3.8) is 0 Å². The zero-order valence-corrected chi connectivity index (χ0v) is 15.6. The second-order valence-electron chi connectivity index (χ2n) is 7.23. The molecule has 10 heteroatoms. The number of carbonyl (C=O) groups excluding carboxylic acids is 1. The summed E-state index contributed by atoms with van der Waals surface area (Å²) in [6, 6.07) is 0.826. The molecule has 1 saturated carbocycles. The third-order valence-electron chi connectivity index (χ3n) is 5.02. The Bertz CT molecular complexity index is 1060. The Morgan fingerprint density at radius 2 is 2.10 bits per heavy atom. The Morgan fingerprint density at radius 1 is 1.34 bits per heavy atom. The Labute approximate surface area is 164 Å². The van der Waals surface area contributed by atoms with E-state index in [0.717, 1.165) is 28.7 Å². The Balaban J connectivity index is 1.75. The molecule has 0 aromatic carbocycles. The van der Waals surface area contributed by atoms with Gasteiger partial charge >= 0.3 is 6.18 Å². The average Bonchev–Trinajstić information content (AvgIpc) is 3.44. The van der Waals surface area contributed by atoms with Crippen molar-refractivity contribution in [1.82, 2.24) is 19.9 Å². The number of fused-ring (bicyclic) bond motifs is 1. The number of rotatable bonds is 6. The van der Waals surface area contributed by atoms with E-state index in [2.05, 4.69) is 19.9 Å². The van der Waals surface area contributed by atoms with Crippen LogP contribution < -0.4 is 10.6 Å². The monoisotopic (exact) mass is 404 g/mol. The van der Waals surface area contributed by atoms with E-state index in [1.165, 1.54) is 19.3 Å². The predicted octanol–water partition coefficient (Wildman–Crippen LogP) is 3.14. The molecule has 0 saturated heterocycles. The van der Waals surface area contributed by atoms with E-state index in [1.54, 1.807) is 6.20 Å². The molecule has 1 amide bonds. The first-order chi connectivity index (χ1) is 13.7. The molecule has 7 nitrogen and oxygen atoms in total. The lowest BCUT2D eigenvalue weighted by Crippen LogP contribution is -2.47. The lowest BCUT2D eigenvalue weighted by atomic mass is 10.1. The second-order valence-corrected chi connectivity index (χ2v) is 7.23. The quantitative estimate of drug-likeness (QED) is 0.657. The van der Waals surface area contributed by atoms with E-state index < -0.39 is 24.7 Å². The third-order valence-corrected chi connectivity index (χ3v) is 5.02. The number of pyridine rings is 1. The maximum absolute atomic E-state index is 13.1. The molecule has 1 atom stereocenters. The number of nitrogens with one attached hydrogen (secondary N) is 1. The van der Waals surface area contributed by atoms with Gasteiger partial charge in [-0.2, -0.15) is 13.2 Å². The summed E-state index contributed by atoms with van der Waals surface area (Å²) in [6.07, 6.45) is 3.91. The van der Waals surface area contributed by atoms with Gasteiger partial charge in [0, 0.05) is 23.3 Å². The highest BCUT2D eigenvalue weighted by Gasteiger charge is 2.35. The van der Waals surface area contributed by atoms with E-state index in [9.17, 15) is 18.0 Å². The van der Waals surface area contributed by atoms with Crippen molar-refractivity contribution >= 4 is 22.8 Å². The number of hydrogen-bond acceptors (Lipinski definition) is 5. The van der Waals surface area contributed by atoms with Gasteiger partial charge < -0.3 is 15.6 Å². The summed E-state index contributed by atoms with van der Waals surface area (Å²) in [5.74, 6) is -0.454. The Morgan fingerprint density at radius 3 is 2.76 bits per heavy atom. The van der Waals surface area contributed by atoms with Crippen molar-refractivity contribution in [2.24, 2.45) is 5.73 Å². The lowest BCUT2D eigenvalue weighted by Gasteiger charge is -2.29. The number of aromatic amines is 1. The summed E-state index contributed by atoms with van der Waals surface area (Å²) in [5.41, 5.74) is 8.10. The number of anilines is 1. The van der Waals surface area contributed by atoms with Gasteiger partial charge in [0.15, 0.2) is 0 Å². The minimum absolute atomic E-state index is 0.0771. The van der Waals surface area contributed by atoms with Gasteiger partial charge in [0.25, 0.3) is 0 Å². The summed E-state index contributed by atoms with van der Waals surface area (Å²) >= 11 is 0. The van der Waals surface area contributed by atoms with Crippen LogP contribution in [-0.4, -0.2) is 44.6 Å². The summed E-state index contributed by atoms with van der Waals surface area (Å²) in [5, 5.41) is 0.825. The van der Waals surface area contributed by atoms with Crippen LogP contribution in [0.5, 0.6) is 0 Å². The number of aromatic nitrogens is 4. The van der Waals surface area contributed by atoms with Crippen molar-refractivity contribution in [3.8, 4) is 11.3 Å². The minimum Gasteiger partial charge on any atom is -0.368 e. The summed E-state index contributed by atoms with van der Waals surface area (Å²) in [6.45, 7) is -0.0591. The first-order valence-corrected chi connectivity index (χ1v) is 9.15. The summed E-state index contributed by atoms with van der Waals surface area (Å²) in [7, 11) is 0. The minimum atomic E-state index is -4.54.